The fraction of sp³-hybridized carbons (Fsp3) is 0.300. The van der Waals surface area contributed by atoms with Crippen molar-refractivity contribution in [1.29, 1.82) is 0 Å². The number of hydrogen-bond acceptors (Lipinski definition) is 3. The highest BCUT2D eigenvalue weighted by atomic mass is 35.5. The molecular weight excluding hydrogens is 332 g/mol. The molecule has 0 bridgehead atoms. The molecule has 4 nitrogen and oxygen atoms in total. The standard InChI is InChI=1S/C20H21ClN4/c1-14-12-15(21)8-9-19(14)25-20-17(7-3-5-11-23-20)18(24-25)13-16-6-2-4-10-22-16/h2,4,6,8-10,12,23H,3,5,7,11,13H2,1H3. The molecule has 25 heavy (non-hydrogen) atoms. The van der Waals surface area contributed by atoms with E-state index in [9.17, 15) is 0 Å². The third-order valence-corrected chi connectivity index (χ3v) is 4.91. The Hall–Kier alpha value is -2.33. The van der Waals surface area contributed by atoms with Crippen molar-refractivity contribution in [3.8, 4) is 5.69 Å². The van der Waals surface area contributed by atoms with Gasteiger partial charge in [-0.2, -0.15) is 5.10 Å². The number of benzene rings is 1. The van der Waals surface area contributed by atoms with E-state index in [1.165, 1.54) is 18.4 Å². The van der Waals surface area contributed by atoms with Crippen LogP contribution in [-0.4, -0.2) is 21.3 Å². The molecule has 0 saturated carbocycles. The zero-order chi connectivity index (χ0) is 17.2. The van der Waals surface area contributed by atoms with Crippen LogP contribution in [-0.2, 0) is 12.8 Å². The summed E-state index contributed by atoms with van der Waals surface area (Å²) < 4.78 is 2.05. The molecule has 1 aliphatic heterocycles. The molecule has 2 aromatic heterocycles. The Morgan fingerprint density at radius 2 is 2.12 bits per heavy atom. The maximum absolute atomic E-state index is 6.13. The third-order valence-electron chi connectivity index (χ3n) is 4.67. The summed E-state index contributed by atoms with van der Waals surface area (Å²) in [6.45, 7) is 3.05. The maximum atomic E-state index is 6.13. The van der Waals surface area contributed by atoms with Crippen molar-refractivity contribution in [3.63, 3.8) is 0 Å². The second-order valence-corrected chi connectivity index (χ2v) is 6.93. The largest absolute Gasteiger partial charge is 0.370 e. The molecule has 0 radical (unpaired) electrons. The zero-order valence-corrected chi connectivity index (χ0v) is 15.1. The molecule has 5 heteroatoms. The lowest BCUT2D eigenvalue weighted by Gasteiger charge is -2.11. The fourth-order valence-electron chi connectivity index (χ4n) is 3.42. The smallest absolute Gasteiger partial charge is 0.133 e. The molecule has 3 aromatic rings. The van der Waals surface area contributed by atoms with Crippen LogP contribution in [0.15, 0.2) is 42.6 Å². The van der Waals surface area contributed by atoms with Crippen molar-refractivity contribution in [1.82, 2.24) is 14.8 Å². The number of hydrogen-bond donors (Lipinski definition) is 1. The van der Waals surface area contributed by atoms with Gasteiger partial charge in [-0.15, -0.1) is 0 Å². The average Bonchev–Trinajstić information content (AvgIpc) is 2.79. The summed E-state index contributed by atoms with van der Waals surface area (Å²) >= 11 is 6.13. The van der Waals surface area contributed by atoms with E-state index in [1.807, 2.05) is 41.2 Å². The Balaban J connectivity index is 1.81. The Morgan fingerprint density at radius 3 is 2.92 bits per heavy atom. The van der Waals surface area contributed by atoms with Crippen LogP contribution in [0.25, 0.3) is 5.69 Å². The van der Waals surface area contributed by atoms with Crippen LogP contribution in [0.4, 0.5) is 5.82 Å². The summed E-state index contributed by atoms with van der Waals surface area (Å²) in [4.78, 5) is 4.47. The molecule has 1 aromatic carbocycles. The summed E-state index contributed by atoms with van der Waals surface area (Å²) in [7, 11) is 0. The lowest BCUT2D eigenvalue weighted by molar-refractivity contribution is 0.765. The second kappa shape index (κ2) is 6.89. The lowest BCUT2D eigenvalue weighted by Crippen LogP contribution is -2.08. The predicted octanol–water partition coefficient (Wildman–Crippen LogP) is 4.57. The monoisotopic (exact) mass is 352 g/mol. The molecule has 4 rings (SSSR count). The molecular formula is C20H21ClN4. The zero-order valence-electron chi connectivity index (χ0n) is 14.3. The molecule has 1 aliphatic rings. The second-order valence-electron chi connectivity index (χ2n) is 6.50. The Bertz CT molecular complexity index is 886. The number of anilines is 1. The van der Waals surface area contributed by atoms with Crippen LogP contribution in [0.1, 0.15) is 35.4 Å². The van der Waals surface area contributed by atoms with Gasteiger partial charge < -0.3 is 5.32 Å². The van der Waals surface area contributed by atoms with Gasteiger partial charge in [0.1, 0.15) is 5.82 Å². The summed E-state index contributed by atoms with van der Waals surface area (Å²) in [6, 6.07) is 12.0. The SMILES string of the molecule is Cc1cc(Cl)ccc1-n1nc(Cc2ccccn2)c2c1NCCCC2. The quantitative estimate of drug-likeness (QED) is 0.751. The summed E-state index contributed by atoms with van der Waals surface area (Å²) in [5.74, 6) is 1.12. The molecule has 0 amide bonds. The van der Waals surface area contributed by atoms with Gasteiger partial charge in [-0.3, -0.25) is 4.98 Å². The van der Waals surface area contributed by atoms with Gasteiger partial charge in [0.2, 0.25) is 0 Å². The van der Waals surface area contributed by atoms with E-state index < -0.39 is 0 Å². The first-order chi connectivity index (χ1) is 12.2. The summed E-state index contributed by atoms with van der Waals surface area (Å²) in [6.07, 6.45) is 6.01. The van der Waals surface area contributed by atoms with Crippen molar-refractivity contribution in [3.05, 3.63) is 70.1 Å². The maximum Gasteiger partial charge on any atom is 0.133 e. The Morgan fingerprint density at radius 1 is 1.20 bits per heavy atom. The molecule has 128 valence electrons. The van der Waals surface area contributed by atoms with Gasteiger partial charge in [-0.25, -0.2) is 4.68 Å². The molecule has 0 unspecified atom stereocenters. The van der Waals surface area contributed by atoms with Crippen LogP contribution in [0, 0.1) is 6.92 Å². The van der Waals surface area contributed by atoms with Gasteiger partial charge in [-0.1, -0.05) is 17.7 Å². The van der Waals surface area contributed by atoms with E-state index in [1.54, 1.807) is 0 Å². The van der Waals surface area contributed by atoms with Gasteiger partial charge in [0.15, 0.2) is 0 Å². The van der Waals surface area contributed by atoms with E-state index in [2.05, 4.69) is 23.3 Å². The van der Waals surface area contributed by atoms with Gasteiger partial charge >= 0.3 is 0 Å². The van der Waals surface area contributed by atoms with Gasteiger partial charge in [0, 0.05) is 35.4 Å². The molecule has 0 atom stereocenters. The molecule has 1 N–H and O–H groups in total. The van der Waals surface area contributed by atoms with Gasteiger partial charge in [0.25, 0.3) is 0 Å². The van der Waals surface area contributed by atoms with Crippen molar-refractivity contribution in [2.24, 2.45) is 0 Å². The highest BCUT2D eigenvalue weighted by Gasteiger charge is 2.21. The van der Waals surface area contributed by atoms with E-state index in [0.29, 0.717) is 0 Å². The topological polar surface area (TPSA) is 42.7 Å². The van der Waals surface area contributed by atoms with E-state index in [0.717, 1.165) is 52.9 Å². The molecule has 0 spiro atoms. The first-order valence-electron chi connectivity index (χ1n) is 8.73. The highest BCUT2D eigenvalue weighted by molar-refractivity contribution is 6.30. The minimum Gasteiger partial charge on any atom is -0.370 e. The lowest BCUT2D eigenvalue weighted by atomic mass is 10.1. The number of rotatable bonds is 3. The molecule has 3 heterocycles. The van der Waals surface area contributed by atoms with E-state index >= 15 is 0 Å². The number of nitrogens with zero attached hydrogens (tertiary/aromatic N) is 3. The van der Waals surface area contributed by atoms with E-state index in [-0.39, 0.29) is 0 Å². The number of pyridine rings is 1. The molecule has 0 saturated heterocycles. The average molecular weight is 353 g/mol. The Kier molecular flexibility index (Phi) is 4.45. The first kappa shape index (κ1) is 16.2. The Labute approximate surface area is 152 Å². The van der Waals surface area contributed by atoms with Crippen LogP contribution in [0.5, 0.6) is 0 Å². The number of nitrogens with one attached hydrogen (secondary N) is 1. The molecule has 0 fully saturated rings. The third kappa shape index (κ3) is 3.27. The number of aromatic nitrogens is 3. The van der Waals surface area contributed by atoms with Gasteiger partial charge in [-0.05, 0) is 62.1 Å². The van der Waals surface area contributed by atoms with Crippen LogP contribution >= 0.6 is 11.6 Å². The molecule has 0 aliphatic carbocycles. The predicted molar refractivity (Wildman–Crippen MR) is 102 cm³/mol. The van der Waals surface area contributed by atoms with Gasteiger partial charge in [0.05, 0.1) is 11.4 Å². The fourth-order valence-corrected chi connectivity index (χ4v) is 3.65. The van der Waals surface area contributed by atoms with Crippen molar-refractivity contribution in [2.75, 3.05) is 11.9 Å². The summed E-state index contributed by atoms with van der Waals surface area (Å²) in [5, 5.41) is 9.30. The highest BCUT2D eigenvalue weighted by Crippen LogP contribution is 2.30. The number of fused-ring (bicyclic) bond motifs is 1. The van der Waals surface area contributed by atoms with Crippen LogP contribution < -0.4 is 5.32 Å². The normalized spacial score (nSPS) is 13.8. The van der Waals surface area contributed by atoms with Crippen LogP contribution in [0.3, 0.4) is 0 Å². The minimum absolute atomic E-state index is 0.751. The van der Waals surface area contributed by atoms with E-state index in [4.69, 9.17) is 16.7 Å². The number of aryl methyl sites for hydroxylation is 1. The number of halogens is 1. The van der Waals surface area contributed by atoms with Crippen molar-refractivity contribution in [2.45, 2.75) is 32.6 Å². The van der Waals surface area contributed by atoms with Crippen molar-refractivity contribution >= 4 is 17.4 Å². The van der Waals surface area contributed by atoms with Crippen LogP contribution in [0.2, 0.25) is 5.02 Å². The first-order valence-corrected chi connectivity index (χ1v) is 9.11. The minimum atomic E-state index is 0.751. The summed E-state index contributed by atoms with van der Waals surface area (Å²) in [5.41, 5.74) is 5.66. The van der Waals surface area contributed by atoms with Crippen molar-refractivity contribution < 1.29 is 0 Å².